The summed E-state index contributed by atoms with van der Waals surface area (Å²) in [7, 11) is 0. The molecule has 0 spiro atoms. The van der Waals surface area contributed by atoms with Crippen LogP contribution < -0.4 is 21.7 Å². The molecule has 1 fully saturated rings. The standard InChI is InChI=1S/C23H45N7O/c1-2-3-16-26-21(24)27-17-12-8-4-6-10-14-19-30-20-15-11-7-5-9-13-18-28-22(25)29-23(30)31/h2-3H,4-20H2,1H3,(H3,24,26,27)(H3,25,28,29,31)/b3-2+. The third-order valence-corrected chi connectivity index (χ3v) is 5.44. The van der Waals surface area contributed by atoms with E-state index in [1.165, 1.54) is 44.9 Å². The molecule has 6 N–H and O–H groups in total. The van der Waals surface area contributed by atoms with E-state index in [4.69, 9.17) is 11.1 Å². The van der Waals surface area contributed by atoms with Crippen LogP contribution in [0.1, 0.15) is 84.0 Å². The Balaban J connectivity index is 2.16. The summed E-state index contributed by atoms with van der Waals surface area (Å²) in [5.41, 5.74) is 5.80. The highest BCUT2D eigenvalue weighted by atomic mass is 16.2. The molecule has 0 unspecified atom stereocenters. The van der Waals surface area contributed by atoms with Gasteiger partial charge in [0.1, 0.15) is 0 Å². The van der Waals surface area contributed by atoms with Gasteiger partial charge < -0.3 is 21.3 Å². The maximum Gasteiger partial charge on any atom is 0.324 e. The number of rotatable bonds is 11. The van der Waals surface area contributed by atoms with E-state index in [-0.39, 0.29) is 12.0 Å². The molecule has 0 aromatic carbocycles. The first-order valence-corrected chi connectivity index (χ1v) is 12.2. The Morgan fingerprint density at radius 2 is 1.77 bits per heavy atom. The zero-order chi connectivity index (χ0) is 22.6. The number of amides is 2. The first-order chi connectivity index (χ1) is 15.1. The maximum absolute atomic E-state index is 12.5. The van der Waals surface area contributed by atoms with Gasteiger partial charge in [-0.05, 0) is 32.6 Å². The third-order valence-electron chi connectivity index (χ3n) is 5.44. The lowest BCUT2D eigenvalue weighted by Gasteiger charge is -2.23. The molecule has 0 aliphatic carbocycles. The highest BCUT2D eigenvalue weighted by molar-refractivity contribution is 5.94. The fourth-order valence-electron chi connectivity index (χ4n) is 3.56. The van der Waals surface area contributed by atoms with Crippen molar-refractivity contribution < 1.29 is 4.79 Å². The largest absolute Gasteiger partial charge is 0.370 e. The van der Waals surface area contributed by atoms with Crippen LogP contribution in [0.4, 0.5) is 4.79 Å². The normalized spacial score (nSPS) is 17.5. The number of allylic oxidation sites excluding steroid dienone is 1. The molecular formula is C23H45N7O. The van der Waals surface area contributed by atoms with Gasteiger partial charge in [-0.25, -0.2) is 9.79 Å². The Kier molecular flexibility index (Phi) is 16.0. The molecule has 1 aliphatic heterocycles. The predicted octanol–water partition coefficient (Wildman–Crippen LogP) is 3.70. The second-order valence-corrected chi connectivity index (χ2v) is 8.18. The van der Waals surface area contributed by atoms with E-state index >= 15 is 0 Å². The molecule has 178 valence electrons. The Morgan fingerprint density at radius 1 is 1.10 bits per heavy atom. The summed E-state index contributed by atoms with van der Waals surface area (Å²) in [6.07, 6.45) is 17.6. The first kappa shape index (κ1) is 26.8. The lowest BCUT2D eigenvalue weighted by atomic mass is 10.1. The van der Waals surface area contributed by atoms with Gasteiger partial charge in [-0.1, -0.05) is 63.5 Å². The highest BCUT2D eigenvalue weighted by Gasteiger charge is 2.14. The van der Waals surface area contributed by atoms with Gasteiger partial charge in [-0.15, -0.1) is 0 Å². The van der Waals surface area contributed by atoms with Crippen LogP contribution in [0.3, 0.4) is 0 Å². The number of aliphatic imine (C=N–C) groups is 1. The summed E-state index contributed by atoms with van der Waals surface area (Å²) in [6, 6.07) is -0.142. The van der Waals surface area contributed by atoms with E-state index in [9.17, 15) is 4.79 Å². The zero-order valence-electron chi connectivity index (χ0n) is 19.6. The van der Waals surface area contributed by atoms with Crippen molar-refractivity contribution in [2.45, 2.75) is 84.0 Å². The average molecular weight is 436 g/mol. The number of nitrogens with one attached hydrogen (secondary N) is 4. The van der Waals surface area contributed by atoms with Crippen LogP contribution in [0, 0.1) is 5.41 Å². The molecule has 0 aromatic rings. The monoisotopic (exact) mass is 435 g/mol. The average Bonchev–Trinajstić information content (AvgIpc) is 2.76. The van der Waals surface area contributed by atoms with Gasteiger partial charge in [-0.3, -0.25) is 10.7 Å². The van der Waals surface area contributed by atoms with Crippen LogP contribution >= 0.6 is 0 Å². The van der Waals surface area contributed by atoms with Crippen molar-refractivity contribution in [3.8, 4) is 0 Å². The molecule has 8 nitrogen and oxygen atoms in total. The smallest absolute Gasteiger partial charge is 0.324 e. The highest BCUT2D eigenvalue weighted by Crippen LogP contribution is 2.09. The van der Waals surface area contributed by atoms with Crippen LogP contribution in [-0.2, 0) is 0 Å². The molecule has 8 heteroatoms. The zero-order valence-corrected chi connectivity index (χ0v) is 19.6. The van der Waals surface area contributed by atoms with E-state index in [1.807, 2.05) is 24.0 Å². The number of unbranched alkanes of at least 4 members (excludes halogenated alkanes) is 5. The molecule has 0 saturated carbocycles. The molecule has 1 rings (SSSR count). The Morgan fingerprint density at radius 3 is 2.55 bits per heavy atom. The van der Waals surface area contributed by atoms with E-state index in [2.05, 4.69) is 20.9 Å². The summed E-state index contributed by atoms with van der Waals surface area (Å²) in [4.78, 5) is 18.6. The minimum absolute atomic E-state index is 0.121. The van der Waals surface area contributed by atoms with Crippen LogP contribution in [0.5, 0.6) is 0 Å². The second kappa shape index (κ2) is 18.5. The van der Waals surface area contributed by atoms with Crippen molar-refractivity contribution in [3.63, 3.8) is 0 Å². The molecular weight excluding hydrogens is 390 g/mol. The van der Waals surface area contributed by atoms with Crippen LogP contribution in [0.25, 0.3) is 0 Å². The summed E-state index contributed by atoms with van der Waals surface area (Å²) in [6.45, 7) is 5.76. The van der Waals surface area contributed by atoms with E-state index in [0.717, 1.165) is 58.3 Å². The number of nitrogens with zero attached hydrogens (tertiary/aromatic N) is 2. The third kappa shape index (κ3) is 15.2. The summed E-state index contributed by atoms with van der Waals surface area (Å²) in [5, 5.41) is 16.7. The molecule has 1 heterocycles. The molecule has 1 aliphatic rings. The number of nitrogens with two attached hydrogens (primary N) is 1. The number of urea groups is 1. The predicted molar refractivity (Wildman–Crippen MR) is 131 cm³/mol. The first-order valence-electron chi connectivity index (χ1n) is 12.2. The fourth-order valence-corrected chi connectivity index (χ4v) is 3.56. The van der Waals surface area contributed by atoms with Crippen LogP contribution in [0.15, 0.2) is 17.1 Å². The van der Waals surface area contributed by atoms with Crippen molar-refractivity contribution >= 4 is 18.0 Å². The van der Waals surface area contributed by atoms with Crippen molar-refractivity contribution in [2.75, 3.05) is 32.7 Å². The minimum atomic E-state index is -0.142. The number of hydrogen-bond donors (Lipinski definition) is 5. The van der Waals surface area contributed by atoms with Crippen molar-refractivity contribution in [1.82, 2.24) is 20.9 Å². The molecule has 0 radical (unpaired) electrons. The topological polar surface area (TPSA) is 119 Å². The molecule has 0 bridgehead atoms. The van der Waals surface area contributed by atoms with Gasteiger partial charge in [0, 0.05) is 26.2 Å². The number of hydrogen-bond acceptors (Lipinski definition) is 3. The summed E-state index contributed by atoms with van der Waals surface area (Å²) >= 11 is 0. The van der Waals surface area contributed by atoms with Crippen molar-refractivity contribution in [3.05, 3.63) is 12.2 Å². The minimum Gasteiger partial charge on any atom is -0.370 e. The fraction of sp³-hybridized carbons (Fsp3) is 0.783. The lowest BCUT2D eigenvalue weighted by molar-refractivity contribution is 0.200. The molecule has 31 heavy (non-hydrogen) atoms. The van der Waals surface area contributed by atoms with Gasteiger partial charge in [0.05, 0.1) is 6.54 Å². The Hall–Kier alpha value is -2.25. The SMILES string of the molecule is C/C=C/CN=C(N)NCCCCCCCCN1CCCCCCCCNC(=N)NC1=O. The van der Waals surface area contributed by atoms with E-state index < -0.39 is 0 Å². The number of carbonyl (C=O) groups is 1. The van der Waals surface area contributed by atoms with Gasteiger partial charge in [0.15, 0.2) is 11.9 Å². The maximum atomic E-state index is 12.5. The molecule has 2 amide bonds. The Labute approximate surface area is 189 Å². The van der Waals surface area contributed by atoms with Crippen LogP contribution in [-0.4, -0.2) is 55.6 Å². The summed E-state index contributed by atoms with van der Waals surface area (Å²) < 4.78 is 0. The van der Waals surface area contributed by atoms with E-state index in [1.54, 1.807) is 0 Å². The summed E-state index contributed by atoms with van der Waals surface area (Å²) in [5.74, 6) is 0.636. The Bertz CT molecular complexity index is 548. The lowest BCUT2D eigenvalue weighted by Crippen LogP contribution is -2.48. The second-order valence-electron chi connectivity index (χ2n) is 8.18. The molecule has 1 saturated heterocycles. The van der Waals surface area contributed by atoms with Crippen molar-refractivity contribution in [2.24, 2.45) is 10.7 Å². The van der Waals surface area contributed by atoms with Gasteiger partial charge in [0.25, 0.3) is 0 Å². The number of guanidine groups is 2. The molecule has 0 atom stereocenters. The van der Waals surface area contributed by atoms with Gasteiger partial charge >= 0.3 is 6.03 Å². The van der Waals surface area contributed by atoms with E-state index in [0.29, 0.717) is 12.5 Å². The van der Waals surface area contributed by atoms with Gasteiger partial charge in [-0.2, -0.15) is 0 Å². The van der Waals surface area contributed by atoms with Gasteiger partial charge in [0.2, 0.25) is 0 Å². The number of carbonyl (C=O) groups excluding carboxylic acids is 1. The quantitative estimate of drug-likeness (QED) is 0.147. The molecule has 0 aromatic heterocycles. The van der Waals surface area contributed by atoms with Crippen molar-refractivity contribution in [1.29, 1.82) is 5.41 Å². The van der Waals surface area contributed by atoms with Crippen LogP contribution in [0.2, 0.25) is 0 Å².